The molecular formula is C19H15Cl2F2N3O. The van der Waals surface area contributed by atoms with E-state index in [2.05, 4.69) is 5.10 Å². The molecule has 1 heterocycles. The van der Waals surface area contributed by atoms with Gasteiger partial charge >= 0.3 is 0 Å². The van der Waals surface area contributed by atoms with Crippen LogP contribution in [0.25, 0.3) is 22.4 Å². The van der Waals surface area contributed by atoms with E-state index in [1.807, 2.05) is 12.1 Å². The molecule has 0 atom stereocenters. The maximum absolute atomic E-state index is 13.5. The minimum Gasteiger partial charge on any atom is -0.369 e. The maximum atomic E-state index is 13.5. The number of hydrogen-bond donors (Lipinski definition) is 1. The highest BCUT2D eigenvalue weighted by atomic mass is 35.5. The third-order valence-corrected chi connectivity index (χ3v) is 4.53. The molecule has 1 aromatic heterocycles. The van der Waals surface area contributed by atoms with Crippen molar-refractivity contribution in [2.75, 3.05) is 0 Å². The Morgan fingerprint density at radius 1 is 1.15 bits per heavy atom. The zero-order valence-corrected chi connectivity index (χ0v) is 15.7. The molecule has 3 rings (SSSR count). The van der Waals surface area contributed by atoms with Crippen LogP contribution in [0.15, 0.2) is 42.5 Å². The summed E-state index contributed by atoms with van der Waals surface area (Å²) in [4.78, 5) is 11.5. The first-order chi connectivity index (χ1) is 12.8. The summed E-state index contributed by atoms with van der Waals surface area (Å²) in [6, 6.07) is 12.2. The van der Waals surface area contributed by atoms with Crippen LogP contribution in [-0.2, 0) is 18.3 Å². The van der Waals surface area contributed by atoms with Gasteiger partial charge in [-0.05, 0) is 29.3 Å². The van der Waals surface area contributed by atoms with Gasteiger partial charge in [0.2, 0.25) is 5.91 Å². The van der Waals surface area contributed by atoms with Crippen molar-refractivity contribution >= 4 is 29.1 Å². The molecule has 2 aromatic carbocycles. The van der Waals surface area contributed by atoms with Crippen LogP contribution in [0.2, 0.25) is 10.0 Å². The Bertz CT molecular complexity index is 998. The number of carbonyl (C=O) groups is 1. The Labute approximate surface area is 164 Å². The number of aryl methyl sites for hydroxylation is 1. The van der Waals surface area contributed by atoms with Crippen LogP contribution in [0, 0.1) is 0 Å². The van der Waals surface area contributed by atoms with E-state index in [0.717, 1.165) is 5.56 Å². The summed E-state index contributed by atoms with van der Waals surface area (Å²) in [5.41, 5.74) is 7.39. The number of hydrogen-bond acceptors (Lipinski definition) is 2. The lowest BCUT2D eigenvalue weighted by Crippen LogP contribution is -2.15. The van der Waals surface area contributed by atoms with Gasteiger partial charge < -0.3 is 5.73 Å². The first kappa shape index (κ1) is 19.3. The fourth-order valence-electron chi connectivity index (χ4n) is 3.10. The summed E-state index contributed by atoms with van der Waals surface area (Å²) in [5, 5.41) is 4.81. The number of amides is 1. The third-order valence-electron chi connectivity index (χ3n) is 4.09. The predicted octanol–water partition coefficient (Wildman–Crippen LogP) is 5.03. The second-order valence-corrected chi connectivity index (χ2v) is 6.86. The minimum atomic E-state index is -2.83. The Hall–Kier alpha value is -2.44. The van der Waals surface area contributed by atoms with Crippen LogP contribution >= 0.6 is 23.2 Å². The minimum absolute atomic E-state index is 0.112. The van der Waals surface area contributed by atoms with Gasteiger partial charge in [-0.3, -0.25) is 9.48 Å². The van der Waals surface area contributed by atoms with E-state index in [1.54, 1.807) is 37.4 Å². The van der Waals surface area contributed by atoms with Crippen molar-refractivity contribution in [3.63, 3.8) is 0 Å². The first-order valence-corrected chi connectivity index (χ1v) is 8.71. The molecule has 8 heteroatoms. The number of halogens is 4. The number of aromatic nitrogens is 2. The van der Waals surface area contributed by atoms with Gasteiger partial charge in [-0.2, -0.15) is 5.10 Å². The van der Waals surface area contributed by atoms with Gasteiger partial charge in [0, 0.05) is 28.2 Å². The van der Waals surface area contributed by atoms with E-state index in [0.29, 0.717) is 26.9 Å². The molecule has 0 aliphatic heterocycles. The van der Waals surface area contributed by atoms with Gasteiger partial charge in [0.15, 0.2) is 0 Å². The predicted molar refractivity (Wildman–Crippen MR) is 102 cm³/mol. The first-order valence-electron chi connectivity index (χ1n) is 7.96. The summed E-state index contributed by atoms with van der Waals surface area (Å²) >= 11 is 12.2. The topological polar surface area (TPSA) is 60.9 Å². The summed E-state index contributed by atoms with van der Waals surface area (Å²) in [7, 11) is 1.55. The Kier molecular flexibility index (Phi) is 5.48. The molecule has 2 N–H and O–H groups in total. The average molecular weight is 410 g/mol. The monoisotopic (exact) mass is 409 g/mol. The molecule has 140 valence electrons. The van der Waals surface area contributed by atoms with E-state index < -0.39 is 18.0 Å². The van der Waals surface area contributed by atoms with E-state index in [9.17, 15) is 13.6 Å². The smallest absolute Gasteiger partial charge is 0.282 e. The van der Waals surface area contributed by atoms with Crippen LogP contribution in [0.4, 0.5) is 8.78 Å². The van der Waals surface area contributed by atoms with Gasteiger partial charge in [-0.1, -0.05) is 47.5 Å². The second kappa shape index (κ2) is 7.66. The van der Waals surface area contributed by atoms with Gasteiger partial charge in [0.05, 0.1) is 12.1 Å². The molecule has 4 nitrogen and oxygen atoms in total. The van der Waals surface area contributed by atoms with E-state index in [1.165, 1.54) is 4.68 Å². The second-order valence-electron chi connectivity index (χ2n) is 5.98. The molecule has 0 unspecified atom stereocenters. The van der Waals surface area contributed by atoms with Crippen LogP contribution in [0.3, 0.4) is 0 Å². The van der Waals surface area contributed by atoms with Crippen molar-refractivity contribution in [2.24, 2.45) is 12.8 Å². The molecule has 0 fully saturated rings. The molecular weight excluding hydrogens is 395 g/mol. The molecule has 0 saturated heterocycles. The standard InChI is InChI=1S/C19H15Cl2F2N3O/c1-26-18(15(9-16(24)27)17(25-26)19(22)23)14-5-3-2-4-13(14)10-6-11(20)8-12(21)7-10/h2-8,19H,9H2,1H3,(H2,24,27). The number of rotatable bonds is 5. The summed E-state index contributed by atoms with van der Waals surface area (Å²) < 4.78 is 28.2. The van der Waals surface area contributed by atoms with Gasteiger partial charge in [-0.15, -0.1) is 0 Å². The fraction of sp³-hybridized carbons (Fsp3) is 0.158. The Morgan fingerprint density at radius 3 is 2.30 bits per heavy atom. The Balaban J connectivity index is 2.28. The number of carbonyl (C=O) groups excluding carboxylic acids is 1. The molecule has 27 heavy (non-hydrogen) atoms. The zero-order chi connectivity index (χ0) is 19.7. The average Bonchev–Trinajstić information content (AvgIpc) is 2.89. The highest BCUT2D eigenvalue weighted by Crippen LogP contribution is 2.38. The van der Waals surface area contributed by atoms with Crippen molar-refractivity contribution in [1.82, 2.24) is 9.78 Å². The summed E-state index contributed by atoms with van der Waals surface area (Å²) in [6.07, 6.45) is -3.17. The molecule has 0 aliphatic rings. The van der Waals surface area contributed by atoms with Gasteiger partial charge in [0.1, 0.15) is 5.69 Å². The van der Waals surface area contributed by atoms with Crippen molar-refractivity contribution in [2.45, 2.75) is 12.8 Å². The molecule has 0 spiro atoms. The largest absolute Gasteiger partial charge is 0.369 e. The number of benzene rings is 2. The maximum Gasteiger partial charge on any atom is 0.282 e. The lowest BCUT2D eigenvalue weighted by molar-refractivity contribution is -0.117. The van der Waals surface area contributed by atoms with Crippen molar-refractivity contribution < 1.29 is 13.6 Å². The van der Waals surface area contributed by atoms with E-state index in [4.69, 9.17) is 28.9 Å². The van der Waals surface area contributed by atoms with Crippen LogP contribution in [0.1, 0.15) is 17.7 Å². The molecule has 0 saturated carbocycles. The SMILES string of the molecule is Cn1nc(C(F)F)c(CC(N)=O)c1-c1ccccc1-c1cc(Cl)cc(Cl)c1. The fourth-order valence-corrected chi connectivity index (χ4v) is 3.63. The quantitative estimate of drug-likeness (QED) is 0.642. The summed E-state index contributed by atoms with van der Waals surface area (Å²) in [5.74, 6) is -0.713. The zero-order valence-electron chi connectivity index (χ0n) is 14.2. The van der Waals surface area contributed by atoms with Crippen LogP contribution in [0.5, 0.6) is 0 Å². The number of alkyl halides is 2. The number of nitrogens with zero attached hydrogens (tertiary/aromatic N) is 2. The van der Waals surface area contributed by atoms with Gasteiger partial charge in [0.25, 0.3) is 6.43 Å². The molecule has 0 aliphatic carbocycles. The Morgan fingerprint density at radius 2 is 1.74 bits per heavy atom. The highest BCUT2D eigenvalue weighted by Gasteiger charge is 2.26. The van der Waals surface area contributed by atoms with E-state index in [-0.39, 0.29) is 12.0 Å². The number of primary amides is 1. The molecule has 1 amide bonds. The summed E-state index contributed by atoms with van der Waals surface area (Å²) in [6.45, 7) is 0. The van der Waals surface area contributed by atoms with Crippen LogP contribution < -0.4 is 5.73 Å². The van der Waals surface area contributed by atoms with Crippen LogP contribution in [-0.4, -0.2) is 15.7 Å². The molecule has 3 aromatic rings. The molecule has 0 radical (unpaired) electrons. The van der Waals surface area contributed by atoms with Crippen molar-refractivity contribution in [1.29, 1.82) is 0 Å². The highest BCUT2D eigenvalue weighted by molar-refractivity contribution is 6.35. The van der Waals surface area contributed by atoms with E-state index >= 15 is 0 Å². The molecule has 0 bridgehead atoms. The van der Waals surface area contributed by atoms with Crippen molar-refractivity contribution in [3.05, 3.63) is 63.8 Å². The normalized spacial score (nSPS) is 11.2. The van der Waals surface area contributed by atoms with Crippen molar-refractivity contribution in [3.8, 4) is 22.4 Å². The lowest BCUT2D eigenvalue weighted by Gasteiger charge is -2.13. The number of nitrogens with two attached hydrogens (primary N) is 1. The third kappa shape index (κ3) is 3.96. The van der Waals surface area contributed by atoms with Gasteiger partial charge in [-0.25, -0.2) is 8.78 Å². The lowest BCUT2D eigenvalue weighted by atomic mass is 9.94.